The van der Waals surface area contributed by atoms with Crippen LogP contribution in [0, 0.1) is 5.41 Å². The van der Waals surface area contributed by atoms with E-state index in [1.165, 1.54) is 9.75 Å². The standard InChI is InChI=1S/C13H22N2OS.ClH/c1-5-9-6-7-10(17-9)8-15-12(16)11(14)13(2,3)4;/h6-7,11H,5,8,14H2,1-4H3,(H,15,16);1H/t11-;/m1./s1. The van der Waals surface area contributed by atoms with Gasteiger partial charge in [-0.3, -0.25) is 4.79 Å². The van der Waals surface area contributed by atoms with Crippen molar-refractivity contribution in [3.8, 4) is 0 Å². The first-order valence-corrected chi connectivity index (χ1v) is 6.77. The van der Waals surface area contributed by atoms with Gasteiger partial charge in [0, 0.05) is 9.75 Å². The molecule has 0 saturated carbocycles. The molecule has 3 nitrogen and oxygen atoms in total. The zero-order chi connectivity index (χ0) is 13.1. The largest absolute Gasteiger partial charge is 0.350 e. The predicted octanol–water partition coefficient (Wildman–Crippen LogP) is 2.72. The smallest absolute Gasteiger partial charge is 0.237 e. The van der Waals surface area contributed by atoms with E-state index in [0.717, 1.165) is 6.42 Å². The van der Waals surface area contributed by atoms with Crippen LogP contribution in [-0.4, -0.2) is 11.9 Å². The lowest BCUT2D eigenvalue weighted by Gasteiger charge is -2.25. The third kappa shape index (κ3) is 4.96. The minimum Gasteiger partial charge on any atom is -0.350 e. The van der Waals surface area contributed by atoms with Crippen LogP contribution in [0.15, 0.2) is 12.1 Å². The van der Waals surface area contributed by atoms with Crippen molar-refractivity contribution in [3.05, 3.63) is 21.9 Å². The molecule has 3 N–H and O–H groups in total. The van der Waals surface area contributed by atoms with Crippen molar-refractivity contribution in [2.45, 2.75) is 46.7 Å². The molecule has 5 heteroatoms. The van der Waals surface area contributed by atoms with E-state index in [0.29, 0.717) is 6.54 Å². The van der Waals surface area contributed by atoms with Gasteiger partial charge in [0.05, 0.1) is 12.6 Å². The molecule has 1 aromatic rings. The van der Waals surface area contributed by atoms with Gasteiger partial charge in [-0.05, 0) is 24.0 Å². The highest BCUT2D eigenvalue weighted by molar-refractivity contribution is 7.11. The van der Waals surface area contributed by atoms with Crippen molar-refractivity contribution >= 4 is 29.7 Å². The van der Waals surface area contributed by atoms with Gasteiger partial charge in [0.25, 0.3) is 0 Å². The van der Waals surface area contributed by atoms with Gasteiger partial charge in [0.2, 0.25) is 5.91 Å². The lowest BCUT2D eigenvalue weighted by molar-refractivity contribution is -0.124. The van der Waals surface area contributed by atoms with Crippen molar-refractivity contribution < 1.29 is 4.79 Å². The van der Waals surface area contributed by atoms with Crippen LogP contribution >= 0.6 is 23.7 Å². The van der Waals surface area contributed by atoms with Crippen molar-refractivity contribution in [1.82, 2.24) is 5.32 Å². The molecular weight excluding hydrogens is 268 g/mol. The number of hydrogen-bond acceptors (Lipinski definition) is 3. The van der Waals surface area contributed by atoms with Gasteiger partial charge in [-0.2, -0.15) is 0 Å². The molecule has 0 fully saturated rings. The summed E-state index contributed by atoms with van der Waals surface area (Å²) in [6.45, 7) is 8.61. The van der Waals surface area contributed by atoms with Crippen LogP contribution in [-0.2, 0) is 17.8 Å². The summed E-state index contributed by atoms with van der Waals surface area (Å²) < 4.78 is 0. The number of hydrogen-bond donors (Lipinski definition) is 2. The second-order valence-corrected chi connectivity index (χ2v) is 6.54. The number of aryl methyl sites for hydroxylation is 1. The molecule has 0 aliphatic rings. The lowest BCUT2D eigenvalue weighted by Crippen LogP contribution is -2.48. The average Bonchev–Trinajstić information content (AvgIpc) is 2.71. The Morgan fingerprint density at radius 3 is 2.39 bits per heavy atom. The number of amides is 1. The van der Waals surface area contributed by atoms with Crippen LogP contribution < -0.4 is 11.1 Å². The number of nitrogens with two attached hydrogens (primary N) is 1. The first-order chi connectivity index (χ1) is 7.84. The highest BCUT2D eigenvalue weighted by atomic mass is 35.5. The molecule has 0 aromatic carbocycles. The SMILES string of the molecule is CCc1ccc(CNC(=O)[C@@H](N)C(C)(C)C)s1.Cl. The fourth-order valence-electron chi connectivity index (χ4n) is 1.38. The highest BCUT2D eigenvalue weighted by Crippen LogP contribution is 2.19. The van der Waals surface area contributed by atoms with Gasteiger partial charge in [0.15, 0.2) is 0 Å². The van der Waals surface area contributed by atoms with E-state index >= 15 is 0 Å². The molecule has 0 aliphatic carbocycles. The normalized spacial score (nSPS) is 12.7. The summed E-state index contributed by atoms with van der Waals surface area (Å²) in [7, 11) is 0. The topological polar surface area (TPSA) is 55.1 Å². The van der Waals surface area contributed by atoms with Gasteiger partial charge in [-0.25, -0.2) is 0 Å². The van der Waals surface area contributed by atoms with Crippen molar-refractivity contribution in [2.24, 2.45) is 11.1 Å². The zero-order valence-corrected chi connectivity index (χ0v) is 13.1. The van der Waals surface area contributed by atoms with Gasteiger partial charge in [-0.15, -0.1) is 23.7 Å². The number of rotatable bonds is 4. The molecule has 0 unspecified atom stereocenters. The van der Waals surface area contributed by atoms with Gasteiger partial charge in [-0.1, -0.05) is 27.7 Å². The summed E-state index contributed by atoms with van der Waals surface area (Å²) in [5.41, 5.74) is 5.68. The van der Waals surface area contributed by atoms with Crippen LogP contribution in [0.1, 0.15) is 37.4 Å². The monoisotopic (exact) mass is 290 g/mol. The van der Waals surface area contributed by atoms with E-state index in [1.807, 2.05) is 20.8 Å². The molecule has 18 heavy (non-hydrogen) atoms. The fourth-order valence-corrected chi connectivity index (χ4v) is 2.28. The summed E-state index contributed by atoms with van der Waals surface area (Å²) >= 11 is 1.74. The molecule has 0 radical (unpaired) electrons. The summed E-state index contributed by atoms with van der Waals surface area (Å²) in [5, 5.41) is 2.89. The van der Waals surface area contributed by atoms with Gasteiger partial charge < -0.3 is 11.1 Å². The lowest BCUT2D eigenvalue weighted by atomic mass is 9.87. The number of carbonyl (C=O) groups is 1. The first-order valence-electron chi connectivity index (χ1n) is 5.95. The summed E-state index contributed by atoms with van der Waals surface area (Å²) in [4.78, 5) is 14.3. The third-order valence-corrected chi connectivity index (χ3v) is 3.95. The van der Waals surface area contributed by atoms with Crippen LogP contribution in [0.4, 0.5) is 0 Å². The Hall–Kier alpha value is -0.580. The molecule has 0 aliphatic heterocycles. The van der Waals surface area contributed by atoms with Gasteiger partial charge in [0.1, 0.15) is 0 Å². The Morgan fingerprint density at radius 2 is 1.94 bits per heavy atom. The molecule has 1 atom stereocenters. The Bertz CT molecular complexity index is 385. The zero-order valence-electron chi connectivity index (χ0n) is 11.4. The van der Waals surface area contributed by atoms with Crippen LogP contribution in [0.3, 0.4) is 0 Å². The Labute approximate surface area is 120 Å². The number of thiophene rings is 1. The summed E-state index contributed by atoms with van der Waals surface area (Å²) in [6, 6.07) is 3.70. The fraction of sp³-hybridized carbons (Fsp3) is 0.615. The van der Waals surface area contributed by atoms with E-state index in [-0.39, 0.29) is 23.7 Å². The molecule has 1 aromatic heterocycles. The highest BCUT2D eigenvalue weighted by Gasteiger charge is 2.27. The molecule has 1 rings (SSSR count). The Balaban J connectivity index is 0.00000289. The van der Waals surface area contributed by atoms with E-state index in [4.69, 9.17) is 5.73 Å². The van der Waals surface area contributed by atoms with E-state index in [1.54, 1.807) is 11.3 Å². The van der Waals surface area contributed by atoms with E-state index in [9.17, 15) is 4.79 Å². The second kappa shape index (κ2) is 7.12. The number of halogens is 1. The maximum Gasteiger partial charge on any atom is 0.237 e. The van der Waals surface area contributed by atoms with E-state index < -0.39 is 6.04 Å². The van der Waals surface area contributed by atoms with Crippen LogP contribution in [0.5, 0.6) is 0 Å². The molecule has 1 heterocycles. The van der Waals surface area contributed by atoms with E-state index in [2.05, 4.69) is 24.4 Å². The predicted molar refractivity (Wildman–Crippen MR) is 80.2 cm³/mol. The van der Waals surface area contributed by atoms with Crippen molar-refractivity contribution in [1.29, 1.82) is 0 Å². The molecule has 0 bridgehead atoms. The Morgan fingerprint density at radius 1 is 1.39 bits per heavy atom. The van der Waals surface area contributed by atoms with Crippen molar-refractivity contribution in [2.75, 3.05) is 0 Å². The van der Waals surface area contributed by atoms with Crippen molar-refractivity contribution in [3.63, 3.8) is 0 Å². The minimum absolute atomic E-state index is 0. The quantitative estimate of drug-likeness (QED) is 0.896. The number of nitrogens with one attached hydrogen (secondary N) is 1. The third-order valence-electron chi connectivity index (χ3n) is 2.72. The molecule has 104 valence electrons. The molecule has 0 spiro atoms. The maximum absolute atomic E-state index is 11.8. The number of carbonyl (C=O) groups excluding carboxylic acids is 1. The van der Waals surface area contributed by atoms with Gasteiger partial charge >= 0.3 is 0 Å². The molecule has 0 saturated heterocycles. The Kier molecular flexibility index (Phi) is 6.89. The minimum atomic E-state index is -0.465. The summed E-state index contributed by atoms with van der Waals surface area (Å²) in [6.07, 6.45) is 1.04. The summed E-state index contributed by atoms with van der Waals surface area (Å²) in [5.74, 6) is -0.0797. The van der Waals surface area contributed by atoms with Crippen LogP contribution in [0.2, 0.25) is 0 Å². The first kappa shape index (κ1) is 17.4. The molecule has 1 amide bonds. The second-order valence-electron chi connectivity index (χ2n) is 5.28. The maximum atomic E-state index is 11.8. The molecular formula is C13H23ClN2OS. The average molecular weight is 291 g/mol. The van der Waals surface area contributed by atoms with Crippen LogP contribution in [0.25, 0.3) is 0 Å².